The van der Waals surface area contributed by atoms with E-state index in [1.165, 1.54) is 17.8 Å². The molecule has 0 bridgehead atoms. The van der Waals surface area contributed by atoms with Crippen molar-refractivity contribution in [1.82, 2.24) is 15.2 Å². The number of pyridine rings is 1. The summed E-state index contributed by atoms with van der Waals surface area (Å²) in [6, 6.07) is 6.69. The molecule has 0 saturated heterocycles. The number of rotatable bonds is 4. The number of anilines is 2. The van der Waals surface area contributed by atoms with E-state index in [0.29, 0.717) is 28.1 Å². The summed E-state index contributed by atoms with van der Waals surface area (Å²) in [5, 5.41) is 11.4. The largest absolute Gasteiger partial charge is 0.411 e. The Kier molecular flexibility index (Phi) is 4.57. The fourth-order valence-corrected chi connectivity index (χ4v) is 2.56. The van der Waals surface area contributed by atoms with Crippen molar-refractivity contribution in [2.24, 2.45) is 0 Å². The number of benzene rings is 1. The molecule has 3 aromatic rings. The van der Waals surface area contributed by atoms with Gasteiger partial charge in [0.25, 0.3) is 11.1 Å². The van der Waals surface area contributed by atoms with Gasteiger partial charge in [-0.2, -0.15) is 0 Å². The van der Waals surface area contributed by atoms with Crippen molar-refractivity contribution in [2.75, 3.05) is 11.6 Å². The first-order valence-electron chi connectivity index (χ1n) is 6.21. The van der Waals surface area contributed by atoms with Gasteiger partial charge in [0.05, 0.1) is 23.1 Å². The number of thioether (sulfide) groups is 1. The topological polar surface area (TPSA) is 63.8 Å². The molecular weight excluding hydrogens is 418 g/mol. The molecule has 0 saturated carbocycles. The molecule has 3 rings (SSSR count). The van der Waals surface area contributed by atoms with Crippen LogP contribution in [-0.4, -0.2) is 21.4 Å². The summed E-state index contributed by atoms with van der Waals surface area (Å²) in [6.45, 7) is 0. The molecule has 0 atom stereocenters. The zero-order valence-electron chi connectivity index (χ0n) is 11.4. The first-order valence-corrected chi connectivity index (χ1v) is 8.51. The molecule has 0 unspecified atom stereocenters. The van der Waals surface area contributed by atoms with Crippen molar-refractivity contribution in [3.05, 3.63) is 46.0 Å². The van der Waals surface area contributed by atoms with E-state index in [0.717, 1.165) is 3.57 Å². The second kappa shape index (κ2) is 6.61. The van der Waals surface area contributed by atoms with Gasteiger partial charge < -0.3 is 9.73 Å². The van der Waals surface area contributed by atoms with Crippen molar-refractivity contribution >= 4 is 45.7 Å². The smallest absolute Gasteiger partial charge is 0.276 e. The highest BCUT2D eigenvalue weighted by molar-refractivity contribution is 14.1. The second-order valence-electron chi connectivity index (χ2n) is 4.25. The molecule has 0 radical (unpaired) electrons. The van der Waals surface area contributed by atoms with Gasteiger partial charge in [0.15, 0.2) is 0 Å². The van der Waals surface area contributed by atoms with Gasteiger partial charge in [-0.15, -0.1) is 10.2 Å². The van der Waals surface area contributed by atoms with E-state index >= 15 is 0 Å². The van der Waals surface area contributed by atoms with Crippen LogP contribution in [0.4, 0.5) is 15.8 Å². The first-order chi connectivity index (χ1) is 10.7. The van der Waals surface area contributed by atoms with Gasteiger partial charge in [-0.3, -0.25) is 4.98 Å². The number of hydrogen-bond donors (Lipinski definition) is 1. The van der Waals surface area contributed by atoms with Crippen LogP contribution in [0.15, 0.2) is 46.3 Å². The van der Waals surface area contributed by atoms with Gasteiger partial charge in [0.2, 0.25) is 0 Å². The van der Waals surface area contributed by atoms with Crippen LogP contribution in [0.2, 0.25) is 0 Å². The first kappa shape index (κ1) is 15.2. The molecule has 0 amide bonds. The Bertz CT molecular complexity index is 811. The summed E-state index contributed by atoms with van der Waals surface area (Å²) < 4.78 is 20.3. The molecule has 2 aromatic heterocycles. The molecule has 8 heteroatoms. The lowest BCUT2D eigenvalue weighted by Gasteiger charge is -2.10. The quantitative estimate of drug-likeness (QED) is 0.493. The number of nitrogens with zero attached hydrogens (tertiary/aromatic N) is 3. The molecule has 0 fully saturated rings. The molecule has 1 N–H and O–H groups in total. The Balaban J connectivity index is 1.97. The van der Waals surface area contributed by atoms with E-state index in [9.17, 15) is 4.39 Å². The molecule has 0 aliphatic heterocycles. The summed E-state index contributed by atoms with van der Waals surface area (Å²) in [7, 11) is 0. The monoisotopic (exact) mass is 428 g/mol. The third kappa shape index (κ3) is 3.22. The normalized spacial score (nSPS) is 10.7. The van der Waals surface area contributed by atoms with Crippen molar-refractivity contribution in [1.29, 1.82) is 0 Å². The Morgan fingerprint density at radius 3 is 2.82 bits per heavy atom. The summed E-state index contributed by atoms with van der Waals surface area (Å²) in [5.41, 5.74) is 1.62. The van der Waals surface area contributed by atoms with E-state index in [4.69, 9.17) is 4.42 Å². The number of hydrogen-bond acceptors (Lipinski definition) is 6. The van der Waals surface area contributed by atoms with E-state index < -0.39 is 0 Å². The summed E-state index contributed by atoms with van der Waals surface area (Å²) in [5.74, 6) is 0.0252. The van der Waals surface area contributed by atoms with Crippen LogP contribution in [0.25, 0.3) is 11.5 Å². The molecule has 0 aliphatic carbocycles. The SMILES string of the molecule is CSc1nnc(-c2ccncc2Nc2ccc(I)cc2F)o1. The minimum Gasteiger partial charge on any atom is -0.411 e. The van der Waals surface area contributed by atoms with Crippen LogP contribution < -0.4 is 5.32 Å². The standard InChI is InChI=1S/C14H10FIN4OS/c1-22-14-20-19-13(21-14)9-4-5-17-7-12(9)18-11-3-2-8(16)6-10(11)15/h2-7,18H,1H3. The zero-order valence-corrected chi connectivity index (χ0v) is 14.4. The molecule has 22 heavy (non-hydrogen) atoms. The second-order valence-corrected chi connectivity index (χ2v) is 6.25. The van der Waals surface area contributed by atoms with Gasteiger partial charge in [-0.25, -0.2) is 4.39 Å². The average molecular weight is 428 g/mol. The van der Waals surface area contributed by atoms with Crippen LogP contribution in [0.1, 0.15) is 0 Å². The summed E-state index contributed by atoms with van der Waals surface area (Å²) >= 11 is 3.42. The summed E-state index contributed by atoms with van der Waals surface area (Å²) in [4.78, 5) is 4.06. The lowest BCUT2D eigenvalue weighted by Crippen LogP contribution is -1.97. The third-order valence-electron chi connectivity index (χ3n) is 2.83. The third-order valence-corrected chi connectivity index (χ3v) is 4.02. The lowest BCUT2D eigenvalue weighted by molar-refractivity contribution is 0.466. The van der Waals surface area contributed by atoms with E-state index in [2.05, 4.69) is 43.1 Å². The predicted octanol–water partition coefficient (Wildman–Crippen LogP) is 4.34. The van der Waals surface area contributed by atoms with Crippen LogP contribution in [0.5, 0.6) is 0 Å². The molecule has 0 aliphatic rings. The van der Waals surface area contributed by atoms with Crippen molar-refractivity contribution < 1.29 is 8.81 Å². The van der Waals surface area contributed by atoms with Crippen LogP contribution in [-0.2, 0) is 0 Å². The zero-order chi connectivity index (χ0) is 15.5. The summed E-state index contributed by atoms with van der Waals surface area (Å²) in [6.07, 6.45) is 5.06. The number of nitrogens with one attached hydrogen (secondary N) is 1. The fourth-order valence-electron chi connectivity index (χ4n) is 1.82. The fraction of sp³-hybridized carbons (Fsp3) is 0.0714. The van der Waals surface area contributed by atoms with Crippen molar-refractivity contribution in [2.45, 2.75) is 5.22 Å². The Hall–Kier alpha value is -1.68. The highest BCUT2D eigenvalue weighted by Gasteiger charge is 2.14. The maximum atomic E-state index is 14.0. The minimum absolute atomic E-state index is 0.336. The van der Waals surface area contributed by atoms with E-state index in [1.54, 1.807) is 24.5 Å². The maximum absolute atomic E-state index is 14.0. The van der Waals surface area contributed by atoms with Gasteiger partial charge >= 0.3 is 0 Å². The van der Waals surface area contributed by atoms with Crippen LogP contribution in [0, 0.1) is 9.39 Å². The van der Waals surface area contributed by atoms with Gasteiger partial charge in [0, 0.05) is 9.77 Å². The molecule has 112 valence electrons. The Morgan fingerprint density at radius 1 is 1.23 bits per heavy atom. The molecular formula is C14H10FIN4OS. The van der Waals surface area contributed by atoms with Gasteiger partial charge in [0.1, 0.15) is 5.82 Å². The number of aromatic nitrogens is 3. The van der Waals surface area contributed by atoms with Crippen LogP contribution >= 0.6 is 34.4 Å². The number of halogens is 2. The van der Waals surface area contributed by atoms with Gasteiger partial charge in [-0.1, -0.05) is 11.8 Å². The molecule has 5 nitrogen and oxygen atoms in total. The average Bonchev–Trinajstić information content (AvgIpc) is 2.99. The predicted molar refractivity (Wildman–Crippen MR) is 91.7 cm³/mol. The minimum atomic E-state index is -0.336. The lowest BCUT2D eigenvalue weighted by atomic mass is 10.2. The maximum Gasteiger partial charge on any atom is 0.276 e. The Labute approximate surface area is 143 Å². The van der Waals surface area contributed by atoms with E-state index in [-0.39, 0.29) is 5.82 Å². The Morgan fingerprint density at radius 2 is 2.09 bits per heavy atom. The highest BCUT2D eigenvalue weighted by Crippen LogP contribution is 2.31. The molecule has 0 spiro atoms. The van der Waals surface area contributed by atoms with Crippen LogP contribution in [0.3, 0.4) is 0 Å². The molecule has 1 aromatic carbocycles. The molecule has 2 heterocycles. The highest BCUT2D eigenvalue weighted by atomic mass is 127. The van der Waals surface area contributed by atoms with Crippen molar-refractivity contribution in [3.8, 4) is 11.5 Å². The van der Waals surface area contributed by atoms with Crippen molar-refractivity contribution in [3.63, 3.8) is 0 Å². The van der Waals surface area contributed by atoms with E-state index in [1.807, 2.05) is 12.3 Å². The van der Waals surface area contributed by atoms with Gasteiger partial charge in [-0.05, 0) is 53.1 Å².